The molecule has 0 bridgehead atoms. The van der Waals surface area contributed by atoms with Crippen molar-refractivity contribution in [2.75, 3.05) is 19.8 Å². The number of rotatable bonds is 5. The van der Waals surface area contributed by atoms with E-state index in [1.807, 2.05) is 0 Å². The van der Waals surface area contributed by atoms with Gasteiger partial charge in [-0.15, -0.1) is 0 Å². The smallest absolute Gasteiger partial charge is 0.222 e. The second-order valence-corrected chi connectivity index (χ2v) is 4.42. The molecule has 1 heterocycles. The molecule has 88 valence electrons. The molecular weight excluding hydrogens is 196 g/mol. The first-order valence-electron chi connectivity index (χ1n) is 5.36. The lowest BCUT2D eigenvalue weighted by Crippen LogP contribution is -2.52. The van der Waals surface area contributed by atoms with Crippen LogP contribution in [0.1, 0.15) is 26.2 Å². The number of nitrogens with one attached hydrogen (secondary N) is 2. The molecule has 1 rings (SSSR count). The van der Waals surface area contributed by atoms with Crippen molar-refractivity contribution < 1.29 is 15.0 Å². The monoisotopic (exact) mass is 216 g/mol. The first-order chi connectivity index (χ1) is 7.09. The predicted molar refractivity (Wildman–Crippen MR) is 56.4 cm³/mol. The van der Waals surface area contributed by atoms with Crippen molar-refractivity contribution in [2.45, 2.75) is 37.8 Å². The zero-order valence-electron chi connectivity index (χ0n) is 9.12. The second kappa shape index (κ2) is 5.44. The van der Waals surface area contributed by atoms with Crippen LogP contribution in [0, 0.1) is 0 Å². The number of aliphatic hydroxyl groups is 2. The van der Waals surface area contributed by atoms with Crippen LogP contribution in [0.25, 0.3) is 0 Å². The van der Waals surface area contributed by atoms with E-state index in [1.54, 1.807) is 6.92 Å². The minimum Gasteiger partial charge on any atom is -0.394 e. The molecule has 1 saturated heterocycles. The highest BCUT2D eigenvalue weighted by atomic mass is 16.3. The third-order valence-electron chi connectivity index (χ3n) is 2.73. The van der Waals surface area contributed by atoms with Gasteiger partial charge in [-0.05, 0) is 26.3 Å². The quantitative estimate of drug-likeness (QED) is 0.474. The van der Waals surface area contributed by atoms with Gasteiger partial charge in [0.25, 0.3) is 0 Å². The van der Waals surface area contributed by atoms with E-state index in [4.69, 9.17) is 10.2 Å². The van der Waals surface area contributed by atoms with Gasteiger partial charge in [0.15, 0.2) is 0 Å². The molecule has 0 radical (unpaired) electrons. The molecule has 0 aromatic rings. The number of carbonyl (C=O) groups is 1. The van der Waals surface area contributed by atoms with E-state index in [9.17, 15) is 4.79 Å². The third kappa shape index (κ3) is 3.77. The van der Waals surface area contributed by atoms with Crippen LogP contribution in [0.3, 0.4) is 0 Å². The first kappa shape index (κ1) is 12.4. The van der Waals surface area contributed by atoms with Crippen molar-refractivity contribution in [1.29, 1.82) is 0 Å². The Hall–Kier alpha value is -0.650. The first-order valence-corrected chi connectivity index (χ1v) is 5.36. The van der Waals surface area contributed by atoms with Gasteiger partial charge in [0.2, 0.25) is 5.91 Å². The van der Waals surface area contributed by atoms with E-state index in [0.717, 1.165) is 19.4 Å². The van der Waals surface area contributed by atoms with Crippen molar-refractivity contribution in [3.8, 4) is 0 Å². The molecule has 0 aromatic carbocycles. The number of amides is 1. The second-order valence-electron chi connectivity index (χ2n) is 4.42. The molecule has 1 aliphatic heterocycles. The van der Waals surface area contributed by atoms with Crippen LogP contribution in [0.2, 0.25) is 0 Å². The summed E-state index contributed by atoms with van der Waals surface area (Å²) in [6.45, 7) is 2.07. The Morgan fingerprint density at radius 1 is 1.53 bits per heavy atom. The third-order valence-corrected chi connectivity index (χ3v) is 2.73. The molecule has 4 N–H and O–H groups in total. The number of hydrogen-bond acceptors (Lipinski definition) is 4. The average Bonchev–Trinajstić information content (AvgIpc) is 2.70. The zero-order chi connectivity index (χ0) is 11.3. The fraction of sp³-hybridized carbons (Fsp3) is 0.900. The van der Waals surface area contributed by atoms with Gasteiger partial charge in [0, 0.05) is 12.5 Å². The summed E-state index contributed by atoms with van der Waals surface area (Å²) in [4.78, 5) is 11.6. The lowest BCUT2D eigenvalue weighted by Gasteiger charge is -2.26. The highest BCUT2D eigenvalue weighted by Crippen LogP contribution is 2.09. The largest absolute Gasteiger partial charge is 0.394 e. The van der Waals surface area contributed by atoms with Crippen molar-refractivity contribution in [1.82, 2.24) is 10.6 Å². The van der Waals surface area contributed by atoms with Gasteiger partial charge in [-0.2, -0.15) is 0 Å². The maximum Gasteiger partial charge on any atom is 0.222 e. The van der Waals surface area contributed by atoms with Gasteiger partial charge in [-0.1, -0.05) is 0 Å². The van der Waals surface area contributed by atoms with Gasteiger partial charge in [0.1, 0.15) is 0 Å². The summed E-state index contributed by atoms with van der Waals surface area (Å²) in [7, 11) is 0. The Kier molecular flexibility index (Phi) is 4.50. The molecule has 1 unspecified atom stereocenters. The topological polar surface area (TPSA) is 81.6 Å². The van der Waals surface area contributed by atoms with Crippen LogP contribution < -0.4 is 10.6 Å². The Morgan fingerprint density at radius 3 is 2.67 bits per heavy atom. The van der Waals surface area contributed by atoms with E-state index in [1.165, 1.54) is 0 Å². The fourth-order valence-corrected chi connectivity index (χ4v) is 1.67. The van der Waals surface area contributed by atoms with Crippen LogP contribution >= 0.6 is 0 Å². The van der Waals surface area contributed by atoms with E-state index in [2.05, 4.69) is 10.6 Å². The molecule has 0 aliphatic carbocycles. The molecular formula is C10H20N2O3. The lowest BCUT2D eigenvalue weighted by atomic mass is 10.0. The molecule has 0 aromatic heterocycles. The van der Waals surface area contributed by atoms with Crippen molar-refractivity contribution in [3.05, 3.63) is 0 Å². The van der Waals surface area contributed by atoms with E-state index in [-0.39, 0.29) is 25.2 Å². The number of hydrogen-bond donors (Lipinski definition) is 4. The number of aliphatic hydroxyl groups excluding tert-OH is 2. The highest BCUT2D eigenvalue weighted by molar-refractivity contribution is 5.77. The summed E-state index contributed by atoms with van der Waals surface area (Å²) in [5, 5.41) is 23.9. The van der Waals surface area contributed by atoms with Gasteiger partial charge in [0.05, 0.1) is 18.8 Å². The van der Waals surface area contributed by atoms with Crippen LogP contribution in [0.15, 0.2) is 0 Å². The summed E-state index contributed by atoms with van der Waals surface area (Å²) >= 11 is 0. The number of carbonyl (C=O) groups excluding carboxylic acids is 1. The standard InChI is InChI=1S/C10H20N2O3/c1-10(6-13,7-14)12-9(15)5-8-3-2-4-11-8/h8,11,13-14H,2-7H2,1H3,(H,12,15). The van der Waals surface area contributed by atoms with Crippen LogP contribution in [0.5, 0.6) is 0 Å². The zero-order valence-corrected chi connectivity index (χ0v) is 9.12. The van der Waals surface area contributed by atoms with Crippen molar-refractivity contribution >= 4 is 5.91 Å². The van der Waals surface area contributed by atoms with E-state index >= 15 is 0 Å². The normalized spacial score (nSPS) is 21.7. The summed E-state index contributed by atoms with van der Waals surface area (Å²) in [6.07, 6.45) is 2.53. The molecule has 1 amide bonds. The average molecular weight is 216 g/mol. The summed E-state index contributed by atoms with van der Waals surface area (Å²) in [5.41, 5.74) is -0.907. The Labute approximate surface area is 89.9 Å². The van der Waals surface area contributed by atoms with Crippen molar-refractivity contribution in [2.24, 2.45) is 0 Å². The minimum atomic E-state index is -0.907. The molecule has 5 heteroatoms. The summed E-state index contributed by atoms with van der Waals surface area (Å²) < 4.78 is 0. The molecule has 5 nitrogen and oxygen atoms in total. The van der Waals surface area contributed by atoms with E-state index in [0.29, 0.717) is 6.42 Å². The molecule has 0 spiro atoms. The molecule has 1 aliphatic rings. The van der Waals surface area contributed by atoms with Gasteiger partial charge in [-0.25, -0.2) is 0 Å². The Balaban J connectivity index is 2.33. The van der Waals surface area contributed by atoms with Crippen LogP contribution in [0.4, 0.5) is 0 Å². The lowest BCUT2D eigenvalue weighted by molar-refractivity contribution is -0.124. The maximum atomic E-state index is 11.6. The SMILES string of the molecule is CC(CO)(CO)NC(=O)CC1CCCN1. The molecule has 1 atom stereocenters. The predicted octanol–water partition coefficient (Wildman–Crippen LogP) is -1.01. The van der Waals surface area contributed by atoms with Gasteiger partial charge < -0.3 is 20.8 Å². The minimum absolute atomic E-state index is 0.125. The van der Waals surface area contributed by atoms with Crippen molar-refractivity contribution in [3.63, 3.8) is 0 Å². The maximum absolute atomic E-state index is 11.6. The fourth-order valence-electron chi connectivity index (χ4n) is 1.67. The van der Waals surface area contributed by atoms with Crippen LogP contribution in [-0.4, -0.2) is 47.5 Å². The molecule has 0 saturated carbocycles. The van der Waals surface area contributed by atoms with Gasteiger partial charge in [-0.3, -0.25) is 4.79 Å². The van der Waals surface area contributed by atoms with Crippen LogP contribution in [-0.2, 0) is 4.79 Å². The van der Waals surface area contributed by atoms with E-state index < -0.39 is 5.54 Å². The summed E-state index contributed by atoms with van der Waals surface area (Å²) in [5.74, 6) is -0.125. The Bertz CT molecular complexity index is 211. The molecule has 1 fully saturated rings. The Morgan fingerprint density at radius 2 is 2.20 bits per heavy atom. The van der Waals surface area contributed by atoms with Gasteiger partial charge >= 0.3 is 0 Å². The molecule has 15 heavy (non-hydrogen) atoms. The highest BCUT2D eigenvalue weighted by Gasteiger charge is 2.26. The summed E-state index contributed by atoms with van der Waals surface area (Å²) in [6, 6.07) is 0.242.